The molecule has 2 aromatic carbocycles. The number of hydrogen-bond acceptors (Lipinski definition) is 2. The second-order valence-corrected chi connectivity index (χ2v) is 6.62. The highest BCUT2D eigenvalue weighted by atomic mass is 32.2. The maximum absolute atomic E-state index is 13.9. The fourth-order valence-electron chi connectivity index (χ4n) is 2.80. The molecule has 0 radical (unpaired) electrons. The zero-order valence-electron chi connectivity index (χ0n) is 12.4. The second kappa shape index (κ2) is 6.53. The molecule has 2 atom stereocenters. The third kappa shape index (κ3) is 3.02. The van der Waals surface area contributed by atoms with Crippen LogP contribution in [0, 0.1) is 5.82 Å². The molecule has 1 aliphatic rings. The molecule has 2 aromatic rings. The van der Waals surface area contributed by atoms with Gasteiger partial charge in [-0.05, 0) is 11.6 Å². The Balaban J connectivity index is 1.82. The van der Waals surface area contributed by atoms with Crippen molar-refractivity contribution in [3.05, 3.63) is 71.5 Å². The minimum absolute atomic E-state index is 0.0505. The average Bonchev–Trinajstić information content (AvgIpc) is 2.91. The molecule has 3 rings (SSSR count). The Labute approximate surface area is 134 Å². The number of carbonyl (C=O) groups is 1. The molecule has 1 fully saturated rings. The SMILES string of the molecule is CC(c1ccccc1)C1SCC(=O)N1Cc1ccccc1F. The fraction of sp³-hybridized carbons (Fsp3) is 0.278. The molecular formula is C18H18FNOS. The van der Waals surface area contributed by atoms with Gasteiger partial charge in [0.1, 0.15) is 5.82 Å². The van der Waals surface area contributed by atoms with Gasteiger partial charge >= 0.3 is 0 Å². The fourth-order valence-corrected chi connectivity index (χ4v) is 4.09. The topological polar surface area (TPSA) is 20.3 Å². The van der Waals surface area contributed by atoms with Gasteiger partial charge in [0.2, 0.25) is 5.91 Å². The Morgan fingerprint density at radius 3 is 2.59 bits per heavy atom. The first-order valence-electron chi connectivity index (χ1n) is 7.36. The van der Waals surface area contributed by atoms with E-state index in [-0.39, 0.29) is 23.0 Å². The summed E-state index contributed by atoms with van der Waals surface area (Å²) in [7, 11) is 0. The van der Waals surface area contributed by atoms with Crippen molar-refractivity contribution >= 4 is 17.7 Å². The highest BCUT2D eigenvalue weighted by Crippen LogP contribution is 2.37. The zero-order valence-corrected chi connectivity index (χ0v) is 13.2. The molecule has 0 bridgehead atoms. The molecule has 0 spiro atoms. The van der Waals surface area contributed by atoms with Gasteiger partial charge in [-0.1, -0.05) is 55.5 Å². The number of rotatable bonds is 4. The summed E-state index contributed by atoms with van der Waals surface area (Å²) in [6, 6.07) is 16.8. The quantitative estimate of drug-likeness (QED) is 0.849. The Bertz CT molecular complexity index is 661. The molecule has 2 nitrogen and oxygen atoms in total. The number of hydrogen-bond donors (Lipinski definition) is 0. The second-order valence-electron chi connectivity index (χ2n) is 5.51. The summed E-state index contributed by atoms with van der Waals surface area (Å²) < 4.78 is 13.9. The van der Waals surface area contributed by atoms with Crippen molar-refractivity contribution in [1.29, 1.82) is 0 Å². The maximum atomic E-state index is 13.9. The summed E-state index contributed by atoms with van der Waals surface area (Å²) in [6.45, 7) is 2.46. The molecule has 0 N–H and O–H groups in total. The van der Waals surface area contributed by atoms with Crippen LogP contribution in [0.3, 0.4) is 0 Å². The highest BCUT2D eigenvalue weighted by Gasteiger charge is 2.36. The van der Waals surface area contributed by atoms with E-state index in [2.05, 4.69) is 19.1 Å². The van der Waals surface area contributed by atoms with Gasteiger partial charge in [0, 0.05) is 18.0 Å². The van der Waals surface area contributed by atoms with Crippen LogP contribution < -0.4 is 0 Å². The smallest absolute Gasteiger partial charge is 0.233 e. The molecule has 0 saturated carbocycles. The molecule has 0 aromatic heterocycles. The van der Waals surface area contributed by atoms with Crippen molar-refractivity contribution < 1.29 is 9.18 Å². The average molecular weight is 315 g/mol. The van der Waals surface area contributed by atoms with Crippen LogP contribution in [0.5, 0.6) is 0 Å². The Morgan fingerprint density at radius 2 is 1.86 bits per heavy atom. The number of nitrogens with zero attached hydrogens (tertiary/aromatic N) is 1. The molecule has 1 saturated heterocycles. The van der Waals surface area contributed by atoms with Crippen LogP contribution in [0.25, 0.3) is 0 Å². The molecule has 1 aliphatic heterocycles. The summed E-state index contributed by atoms with van der Waals surface area (Å²) in [5.41, 5.74) is 1.77. The summed E-state index contributed by atoms with van der Waals surface area (Å²) in [6.07, 6.45) is 0. The first-order valence-corrected chi connectivity index (χ1v) is 8.41. The zero-order chi connectivity index (χ0) is 15.5. The number of carbonyl (C=O) groups excluding carboxylic acids is 1. The van der Waals surface area contributed by atoms with E-state index in [0.29, 0.717) is 17.9 Å². The summed E-state index contributed by atoms with van der Waals surface area (Å²) >= 11 is 1.64. The normalized spacial score (nSPS) is 19.5. The number of amides is 1. The van der Waals surface area contributed by atoms with Crippen LogP contribution in [-0.4, -0.2) is 21.9 Å². The van der Waals surface area contributed by atoms with Crippen LogP contribution >= 0.6 is 11.8 Å². The summed E-state index contributed by atoms with van der Waals surface area (Å²) in [5.74, 6) is 0.514. The van der Waals surface area contributed by atoms with Gasteiger partial charge in [-0.3, -0.25) is 4.79 Å². The van der Waals surface area contributed by atoms with E-state index < -0.39 is 0 Å². The minimum Gasteiger partial charge on any atom is -0.325 e. The Hall–Kier alpha value is -1.81. The third-order valence-electron chi connectivity index (χ3n) is 4.06. The monoisotopic (exact) mass is 315 g/mol. The van der Waals surface area contributed by atoms with Gasteiger partial charge in [0.25, 0.3) is 0 Å². The lowest BCUT2D eigenvalue weighted by molar-refractivity contribution is -0.128. The van der Waals surface area contributed by atoms with Gasteiger partial charge in [-0.15, -0.1) is 11.8 Å². The van der Waals surface area contributed by atoms with Crippen LogP contribution in [0.4, 0.5) is 4.39 Å². The van der Waals surface area contributed by atoms with Crippen LogP contribution in [0.1, 0.15) is 24.0 Å². The Kier molecular flexibility index (Phi) is 4.48. The summed E-state index contributed by atoms with van der Waals surface area (Å²) in [5, 5.41) is 0.0505. The van der Waals surface area contributed by atoms with Crippen molar-refractivity contribution in [2.75, 3.05) is 5.75 Å². The predicted octanol–water partition coefficient (Wildman–Crippen LogP) is 4.03. The number of halogens is 1. The van der Waals surface area contributed by atoms with Gasteiger partial charge in [0.15, 0.2) is 0 Å². The van der Waals surface area contributed by atoms with Crippen molar-refractivity contribution in [2.24, 2.45) is 0 Å². The van der Waals surface area contributed by atoms with Crippen molar-refractivity contribution in [3.8, 4) is 0 Å². The van der Waals surface area contributed by atoms with E-state index >= 15 is 0 Å². The predicted molar refractivity (Wildman–Crippen MR) is 88.1 cm³/mol. The van der Waals surface area contributed by atoms with Crippen molar-refractivity contribution in [3.63, 3.8) is 0 Å². The lowest BCUT2D eigenvalue weighted by Crippen LogP contribution is -2.35. The molecule has 22 heavy (non-hydrogen) atoms. The van der Waals surface area contributed by atoms with Gasteiger partial charge in [-0.25, -0.2) is 4.39 Å². The lowest BCUT2D eigenvalue weighted by atomic mass is 10.00. The van der Waals surface area contributed by atoms with Gasteiger partial charge in [-0.2, -0.15) is 0 Å². The third-order valence-corrected chi connectivity index (χ3v) is 5.47. The van der Waals surface area contributed by atoms with Crippen LogP contribution in [0.15, 0.2) is 54.6 Å². The first kappa shape index (κ1) is 15.1. The van der Waals surface area contributed by atoms with Crippen LogP contribution in [-0.2, 0) is 11.3 Å². The molecule has 4 heteroatoms. The molecule has 1 heterocycles. The van der Waals surface area contributed by atoms with E-state index in [1.807, 2.05) is 24.3 Å². The first-order chi connectivity index (χ1) is 10.7. The van der Waals surface area contributed by atoms with E-state index in [9.17, 15) is 9.18 Å². The van der Waals surface area contributed by atoms with Gasteiger partial charge in [0.05, 0.1) is 11.1 Å². The standard InChI is InChI=1S/C18H18FNOS/c1-13(14-7-3-2-4-8-14)18-20(17(21)12-22-18)11-15-9-5-6-10-16(15)19/h2-10,13,18H,11-12H2,1H3. The van der Waals surface area contributed by atoms with E-state index in [1.165, 1.54) is 11.6 Å². The number of thioether (sulfide) groups is 1. The summed E-state index contributed by atoms with van der Waals surface area (Å²) in [4.78, 5) is 14.0. The highest BCUT2D eigenvalue weighted by molar-refractivity contribution is 8.01. The van der Waals surface area contributed by atoms with E-state index in [4.69, 9.17) is 0 Å². The van der Waals surface area contributed by atoms with E-state index in [1.54, 1.807) is 28.8 Å². The Morgan fingerprint density at radius 1 is 1.18 bits per heavy atom. The van der Waals surface area contributed by atoms with Crippen molar-refractivity contribution in [1.82, 2.24) is 4.90 Å². The van der Waals surface area contributed by atoms with Crippen LogP contribution in [0.2, 0.25) is 0 Å². The molecule has 114 valence electrons. The van der Waals surface area contributed by atoms with Gasteiger partial charge < -0.3 is 4.90 Å². The largest absolute Gasteiger partial charge is 0.325 e. The van der Waals surface area contributed by atoms with Crippen molar-refractivity contribution in [2.45, 2.75) is 24.8 Å². The minimum atomic E-state index is -0.252. The molecule has 0 aliphatic carbocycles. The molecular weight excluding hydrogens is 297 g/mol. The molecule has 2 unspecified atom stereocenters. The number of benzene rings is 2. The maximum Gasteiger partial charge on any atom is 0.233 e. The molecule has 1 amide bonds. The van der Waals surface area contributed by atoms with E-state index in [0.717, 1.165) is 0 Å². The lowest BCUT2D eigenvalue weighted by Gasteiger charge is -2.29.